The molecular weight excluding hydrogens is 356 g/mol. The molecular formula is C21H32N4O3. The molecule has 0 spiro atoms. The molecule has 154 valence electrons. The molecule has 1 aromatic rings. The molecule has 7 heteroatoms. The molecule has 2 saturated heterocycles. The molecule has 1 aromatic carbocycles. The van der Waals surface area contributed by atoms with Crippen molar-refractivity contribution < 1.29 is 14.3 Å². The van der Waals surface area contributed by atoms with Crippen molar-refractivity contribution >= 4 is 11.9 Å². The third kappa shape index (κ3) is 5.45. The molecule has 2 heterocycles. The monoisotopic (exact) mass is 388 g/mol. The first-order chi connectivity index (χ1) is 13.5. The summed E-state index contributed by atoms with van der Waals surface area (Å²) in [6.07, 6.45) is 1.47. The minimum Gasteiger partial charge on any atom is -0.379 e. The van der Waals surface area contributed by atoms with Crippen molar-refractivity contribution in [1.29, 1.82) is 0 Å². The van der Waals surface area contributed by atoms with Gasteiger partial charge in [0, 0.05) is 59.3 Å². The molecule has 28 heavy (non-hydrogen) atoms. The lowest BCUT2D eigenvalue weighted by molar-refractivity contribution is -0.134. The smallest absolute Gasteiger partial charge is 0.317 e. The fourth-order valence-electron chi connectivity index (χ4n) is 3.86. The minimum absolute atomic E-state index is 0.0355. The first kappa shape index (κ1) is 20.6. The van der Waals surface area contributed by atoms with E-state index in [0.717, 1.165) is 51.3 Å². The maximum absolute atomic E-state index is 12.6. The Morgan fingerprint density at radius 2 is 1.71 bits per heavy atom. The molecule has 0 bridgehead atoms. The van der Waals surface area contributed by atoms with Gasteiger partial charge in [0.05, 0.1) is 13.2 Å². The maximum atomic E-state index is 12.6. The summed E-state index contributed by atoms with van der Waals surface area (Å²) in [7, 11) is 3.57. The Labute approximate surface area is 167 Å². The second kappa shape index (κ2) is 9.89. The van der Waals surface area contributed by atoms with E-state index in [1.807, 2.05) is 17.0 Å². The summed E-state index contributed by atoms with van der Waals surface area (Å²) in [5.74, 6) is 0.199. The summed E-state index contributed by atoms with van der Waals surface area (Å²) >= 11 is 0. The topological polar surface area (TPSA) is 65.1 Å². The molecule has 0 radical (unpaired) electrons. The van der Waals surface area contributed by atoms with Crippen LogP contribution in [0.25, 0.3) is 0 Å². The van der Waals surface area contributed by atoms with Crippen molar-refractivity contribution in [2.75, 3.05) is 53.5 Å². The summed E-state index contributed by atoms with van der Waals surface area (Å²) in [4.78, 5) is 30.5. The highest BCUT2D eigenvalue weighted by Crippen LogP contribution is 2.19. The third-order valence-electron chi connectivity index (χ3n) is 5.62. The highest BCUT2D eigenvalue weighted by atomic mass is 16.5. The van der Waals surface area contributed by atoms with E-state index in [1.54, 1.807) is 19.0 Å². The van der Waals surface area contributed by atoms with Crippen LogP contribution in [-0.2, 0) is 22.6 Å². The van der Waals surface area contributed by atoms with E-state index >= 15 is 0 Å². The number of piperidine rings is 1. The van der Waals surface area contributed by atoms with Gasteiger partial charge in [-0.2, -0.15) is 0 Å². The third-order valence-corrected chi connectivity index (χ3v) is 5.62. The van der Waals surface area contributed by atoms with Crippen LogP contribution in [0.5, 0.6) is 0 Å². The Kier molecular flexibility index (Phi) is 7.28. The van der Waals surface area contributed by atoms with E-state index in [4.69, 9.17) is 4.74 Å². The zero-order valence-corrected chi connectivity index (χ0v) is 17.0. The molecule has 1 N–H and O–H groups in total. The van der Waals surface area contributed by atoms with Crippen molar-refractivity contribution in [1.82, 2.24) is 20.0 Å². The lowest BCUT2D eigenvalue weighted by atomic mass is 9.96. The molecule has 0 aromatic heterocycles. The van der Waals surface area contributed by atoms with E-state index in [1.165, 1.54) is 5.56 Å². The number of morpholine rings is 1. The van der Waals surface area contributed by atoms with Gasteiger partial charge in [0.1, 0.15) is 0 Å². The molecule has 2 fully saturated rings. The number of nitrogens with zero attached hydrogens (tertiary/aromatic N) is 3. The van der Waals surface area contributed by atoms with Crippen LogP contribution in [-0.4, -0.2) is 80.1 Å². The standard InChI is InChI=1S/C21H32N4O3/c1-23(2)20(26)17-7-9-25(10-8-17)21(27)22-15-18-5-3-4-6-19(18)16-24-11-13-28-14-12-24/h3-6,17H,7-16H2,1-2H3,(H,22,27). The molecule has 3 amide bonds. The average Bonchev–Trinajstić information content (AvgIpc) is 2.73. The van der Waals surface area contributed by atoms with Gasteiger partial charge in [0.2, 0.25) is 5.91 Å². The van der Waals surface area contributed by atoms with Gasteiger partial charge < -0.3 is 19.9 Å². The number of benzene rings is 1. The molecule has 2 aliphatic rings. The van der Waals surface area contributed by atoms with Crippen LogP contribution in [0.15, 0.2) is 24.3 Å². The van der Waals surface area contributed by atoms with Crippen molar-refractivity contribution in [3.63, 3.8) is 0 Å². The van der Waals surface area contributed by atoms with Gasteiger partial charge in [-0.3, -0.25) is 9.69 Å². The van der Waals surface area contributed by atoms with Crippen molar-refractivity contribution in [3.8, 4) is 0 Å². The Hall–Kier alpha value is -2.12. The Morgan fingerprint density at radius 3 is 2.36 bits per heavy atom. The second-order valence-corrected chi connectivity index (χ2v) is 7.81. The molecule has 0 aliphatic carbocycles. The number of hydrogen-bond acceptors (Lipinski definition) is 4. The molecule has 2 aliphatic heterocycles. The normalized spacial score (nSPS) is 18.7. The van der Waals surface area contributed by atoms with E-state index < -0.39 is 0 Å². The van der Waals surface area contributed by atoms with Crippen LogP contribution in [0, 0.1) is 5.92 Å². The molecule has 0 saturated carbocycles. The number of rotatable bonds is 5. The van der Waals surface area contributed by atoms with Gasteiger partial charge in [-0.15, -0.1) is 0 Å². The van der Waals surface area contributed by atoms with Crippen LogP contribution in [0.4, 0.5) is 4.79 Å². The minimum atomic E-state index is -0.0445. The quantitative estimate of drug-likeness (QED) is 0.831. The molecule has 3 rings (SSSR count). The second-order valence-electron chi connectivity index (χ2n) is 7.81. The highest BCUT2D eigenvalue weighted by Gasteiger charge is 2.28. The first-order valence-corrected chi connectivity index (χ1v) is 10.2. The number of nitrogens with one attached hydrogen (secondary N) is 1. The number of ether oxygens (including phenoxy) is 1. The SMILES string of the molecule is CN(C)C(=O)C1CCN(C(=O)NCc2ccccc2CN2CCOCC2)CC1. The van der Waals surface area contributed by atoms with Crippen molar-refractivity contribution in [3.05, 3.63) is 35.4 Å². The van der Waals surface area contributed by atoms with E-state index in [9.17, 15) is 9.59 Å². The Balaban J connectivity index is 1.49. The number of urea groups is 1. The summed E-state index contributed by atoms with van der Waals surface area (Å²) in [5.41, 5.74) is 2.40. The number of amides is 3. The summed E-state index contributed by atoms with van der Waals surface area (Å²) in [6, 6.07) is 8.24. The highest BCUT2D eigenvalue weighted by molar-refractivity contribution is 5.79. The van der Waals surface area contributed by atoms with Gasteiger partial charge in [-0.1, -0.05) is 24.3 Å². The largest absolute Gasteiger partial charge is 0.379 e. The lowest BCUT2D eigenvalue weighted by Gasteiger charge is -2.32. The van der Waals surface area contributed by atoms with Crippen molar-refractivity contribution in [2.24, 2.45) is 5.92 Å². The van der Waals surface area contributed by atoms with E-state index in [2.05, 4.69) is 22.3 Å². The average molecular weight is 389 g/mol. The maximum Gasteiger partial charge on any atom is 0.317 e. The number of likely N-dealkylation sites (tertiary alicyclic amines) is 1. The number of carbonyl (C=O) groups excluding carboxylic acids is 2. The van der Waals surface area contributed by atoms with Crippen LogP contribution < -0.4 is 5.32 Å². The van der Waals surface area contributed by atoms with Gasteiger partial charge in [0.15, 0.2) is 0 Å². The molecule has 7 nitrogen and oxygen atoms in total. The fraction of sp³-hybridized carbons (Fsp3) is 0.619. The number of carbonyl (C=O) groups is 2. The van der Waals surface area contributed by atoms with E-state index in [-0.39, 0.29) is 17.9 Å². The van der Waals surface area contributed by atoms with Crippen LogP contribution in [0.2, 0.25) is 0 Å². The zero-order valence-electron chi connectivity index (χ0n) is 17.0. The summed E-state index contributed by atoms with van der Waals surface area (Å²) in [6.45, 7) is 6.12. The molecule has 0 atom stereocenters. The Morgan fingerprint density at radius 1 is 1.07 bits per heavy atom. The first-order valence-electron chi connectivity index (χ1n) is 10.2. The van der Waals surface area contributed by atoms with E-state index in [0.29, 0.717) is 19.6 Å². The fourth-order valence-corrected chi connectivity index (χ4v) is 3.86. The van der Waals surface area contributed by atoms with Gasteiger partial charge >= 0.3 is 6.03 Å². The summed E-state index contributed by atoms with van der Waals surface area (Å²) in [5, 5.41) is 3.06. The van der Waals surface area contributed by atoms with Crippen LogP contribution in [0.3, 0.4) is 0 Å². The Bertz CT molecular complexity index is 665. The van der Waals surface area contributed by atoms with Crippen molar-refractivity contribution in [2.45, 2.75) is 25.9 Å². The zero-order chi connectivity index (χ0) is 19.9. The number of hydrogen-bond donors (Lipinski definition) is 1. The van der Waals surface area contributed by atoms with Gasteiger partial charge in [-0.25, -0.2) is 4.79 Å². The lowest BCUT2D eigenvalue weighted by Crippen LogP contribution is -2.46. The van der Waals surface area contributed by atoms with Crippen LogP contribution >= 0.6 is 0 Å². The predicted octanol–water partition coefficient (Wildman–Crippen LogP) is 1.53. The van der Waals surface area contributed by atoms with Crippen LogP contribution in [0.1, 0.15) is 24.0 Å². The van der Waals surface area contributed by atoms with Gasteiger partial charge in [-0.05, 0) is 24.0 Å². The predicted molar refractivity (Wildman–Crippen MR) is 108 cm³/mol. The molecule has 0 unspecified atom stereocenters. The summed E-state index contributed by atoms with van der Waals surface area (Å²) < 4.78 is 5.42. The van der Waals surface area contributed by atoms with Gasteiger partial charge in [0.25, 0.3) is 0 Å².